The second-order valence-corrected chi connectivity index (χ2v) is 11.5. The summed E-state index contributed by atoms with van der Waals surface area (Å²) in [6.07, 6.45) is 0. The standard InChI is InChI=1S/C20H27N3O5S2/c1-14-7-9-17(10-8-14)30(27,28)23(6)13-20(24)21-19-12-18(11-15(2)16(19)3)29(25,26)22(4)5/h7-12H,13H2,1-6H3,(H,21,24). The van der Waals surface area contributed by atoms with E-state index in [4.69, 9.17) is 0 Å². The van der Waals surface area contributed by atoms with Crippen molar-refractivity contribution in [3.8, 4) is 0 Å². The van der Waals surface area contributed by atoms with Crippen molar-refractivity contribution in [3.63, 3.8) is 0 Å². The summed E-state index contributed by atoms with van der Waals surface area (Å²) >= 11 is 0. The van der Waals surface area contributed by atoms with Crippen LogP contribution in [0, 0.1) is 20.8 Å². The van der Waals surface area contributed by atoms with Crippen LogP contribution in [0.4, 0.5) is 5.69 Å². The maximum atomic E-state index is 12.7. The van der Waals surface area contributed by atoms with Crippen molar-refractivity contribution in [2.75, 3.05) is 33.0 Å². The Balaban J connectivity index is 2.26. The van der Waals surface area contributed by atoms with Crippen LogP contribution in [0.25, 0.3) is 0 Å². The fourth-order valence-electron chi connectivity index (χ4n) is 2.68. The predicted molar refractivity (Wildman–Crippen MR) is 116 cm³/mol. The average Bonchev–Trinajstić information content (AvgIpc) is 2.65. The van der Waals surface area contributed by atoms with Crippen LogP contribution in [0.2, 0.25) is 0 Å². The summed E-state index contributed by atoms with van der Waals surface area (Å²) in [5.74, 6) is -0.574. The number of hydrogen-bond acceptors (Lipinski definition) is 5. The molecule has 10 heteroatoms. The smallest absolute Gasteiger partial charge is 0.243 e. The van der Waals surface area contributed by atoms with Crippen LogP contribution in [0.1, 0.15) is 16.7 Å². The summed E-state index contributed by atoms with van der Waals surface area (Å²) < 4.78 is 52.3. The third-order valence-corrected chi connectivity index (χ3v) is 8.40. The third kappa shape index (κ3) is 5.07. The molecule has 2 rings (SSSR count). The monoisotopic (exact) mass is 453 g/mol. The molecule has 2 aromatic rings. The Kier molecular flexibility index (Phi) is 7.08. The molecule has 0 atom stereocenters. The lowest BCUT2D eigenvalue weighted by molar-refractivity contribution is -0.116. The van der Waals surface area contributed by atoms with Crippen LogP contribution >= 0.6 is 0 Å². The van der Waals surface area contributed by atoms with Crippen molar-refractivity contribution in [2.24, 2.45) is 0 Å². The zero-order valence-corrected chi connectivity index (χ0v) is 19.6. The first kappa shape index (κ1) is 24.0. The van der Waals surface area contributed by atoms with Gasteiger partial charge in [-0.1, -0.05) is 17.7 Å². The van der Waals surface area contributed by atoms with E-state index in [1.54, 1.807) is 26.0 Å². The summed E-state index contributed by atoms with van der Waals surface area (Å²) in [7, 11) is -3.35. The Morgan fingerprint density at radius 2 is 1.43 bits per heavy atom. The van der Waals surface area contributed by atoms with Crippen LogP contribution in [0.15, 0.2) is 46.2 Å². The highest BCUT2D eigenvalue weighted by atomic mass is 32.2. The number of carbonyl (C=O) groups excluding carboxylic acids is 1. The molecule has 0 fully saturated rings. The Hall–Kier alpha value is -2.27. The largest absolute Gasteiger partial charge is 0.325 e. The van der Waals surface area contributed by atoms with Gasteiger partial charge in [0.05, 0.1) is 16.3 Å². The second kappa shape index (κ2) is 8.84. The number of hydrogen-bond donors (Lipinski definition) is 1. The van der Waals surface area contributed by atoms with Crippen molar-refractivity contribution in [2.45, 2.75) is 30.6 Å². The first-order chi connectivity index (χ1) is 13.8. The minimum Gasteiger partial charge on any atom is -0.325 e. The SMILES string of the molecule is Cc1ccc(S(=O)(=O)N(C)CC(=O)Nc2cc(S(=O)(=O)N(C)C)cc(C)c2C)cc1. The van der Waals surface area contributed by atoms with Gasteiger partial charge in [0.15, 0.2) is 0 Å². The van der Waals surface area contributed by atoms with Crippen LogP contribution in [-0.4, -0.2) is 59.0 Å². The molecule has 0 aliphatic carbocycles. The Labute approximate surface area is 178 Å². The molecule has 0 unspecified atom stereocenters. The lowest BCUT2D eigenvalue weighted by Gasteiger charge is -2.19. The van der Waals surface area contributed by atoms with Gasteiger partial charge in [0, 0.05) is 26.8 Å². The molecule has 0 aliphatic rings. The topological polar surface area (TPSA) is 104 Å². The number of anilines is 1. The Morgan fingerprint density at radius 3 is 1.97 bits per heavy atom. The van der Waals surface area contributed by atoms with E-state index in [9.17, 15) is 21.6 Å². The van der Waals surface area contributed by atoms with Gasteiger partial charge in [-0.05, 0) is 56.2 Å². The van der Waals surface area contributed by atoms with Crippen molar-refractivity contribution in [3.05, 3.63) is 53.1 Å². The Morgan fingerprint density at radius 1 is 0.867 bits per heavy atom. The van der Waals surface area contributed by atoms with E-state index in [1.807, 2.05) is 6.92 Å². The van der Waals surface area contributed by atoms with Gasteiger partial charge in [-0.3, -0.25) is 4.79 Å². The van der Waals surface area contributed by atoms with E-state index in [0.717, 1.165) is 14.2 Å². The zero-order valence-electron chi connectivity index (χ0n) is 17.9. The molecular weight excluding hydrogens is 426 g/mol. The number of nitrogens with zero attached hydrogens (tertiary/aromatic N) is 2. The first-order valence-corrected chi connectivity index (χ1v) is 12.0. The third-order valence-electron chi connectivity index (χ3n) is 4.79. The maximum Gasteiger partial charge on any atom is 0.243 e. The van der Waals surface area contributed by atoms with Crippen molar-refractivity contribution in [1.29, 1.82) is 0 Å². The molecule has 0 radical (unpaired) electrons. The van der Waals surface area contributed by atoms with Crippen LogP contribution in [0.5, 0.6) is 0 Å². The van der Waals surface area contributed by atoms with Gasteiger partial charge in [-0.25, -0.2) is 21.1 Å². The fourth-order valence-corrected chi connectivity index (χ4v) is 4.82. The minimum atomic E-state index is -3.83. The zero-order chi connectivity index (χ0) is 22.9. The lowest BCUT2D eigenvalue weighted by atomic mass is 10.1. The van der Waals surface area contributed by atoms with Gasteiger partial charge >= 0.3 is 0 Å². The van der Waals surface area contributed by atoms with Crippen molar-refractivity contribution < 1.29 is 21.6 Å². The second-order valence-electron chi connectivity index (χ2n) is 7.32. The summed E-state index contributed by atoms with van der Waals surface area (Å²) in [5.41, 5.74) is 2.63. The van der Waals surface area contributed by atoms with Crippen LogP contribution < -0.4 is 5.32 Å². The normalized spacial score (nSPS) is 12.4. The number of rotatable bonds is 7. The Bertz CT molecular complexity index is 1160. The van der Waals surface area contributed by atoms with E-state index in [2.05, 4.69) is 5.32 Å². The molecule has 0 saturated carbocycles. The summed E-state index contributed by atoms with van der Waals surface area (Å²) in [6, 6.07) is 9.26. The van der Waals surface area contributed by atoms with Gasteiger partial charge < -0.3 is 5.32 Å². The summed E-state index contributed by atoms with van der Waals surface area (Å²) in [6.45, 7) is 4.93. The van der Waals surface area contributed by atoms with Gasteiger partial charge in [-0.15, -0.1) is 0 Å². The number of sulfonamides is 2. The molecule has 0 bridgehead atoms. The lowest BCUT2D eigenvalue weighted by Crippen LogP contribution is -2.35. The molecule has 1 amide bonds. The first-order valence-electron chi connectivity index (χ1n) is 9.13. The highest BCUT2D eigenvalue weighted by molar-refractivity contribution is 7.89. The number of carbonyl (C=O) groups is 1. The molecule has 0 saturated heterocycles. The summed E-state index contributed by atoms with van der Waals surface area (Å²) in [4.78, 5) is 12.7. The highest BCUT2D eigenvalue weighted by Gasteiger charge is 2.24. The molecule has 0 aliphatic heterocycles. The quantitative estimate of drug-likeness (QED) is 0.692. The molecule has 1 N–H and O–H groups in total. The van der Waals surface area contributed by atoms with Crippen molar-refractivity contribution >= 4 is 31.6 Å². The van der Waals surface area contributed by atoms with Gasteiger partial charge in [0.25, 0.3) is 0 Å². The van der Waals surface area contributed by atoms with E-state index >= 15 is 0 Å². The van der Waals surface area contributed by atoms with E-state index in [-0.39, 0.29) is 9.79 Å². The van der Waals surface area contributed by atoms with E-state index in [1.165, 1.54) is 45.4 Å². The molecule has 8 nitrogen and oxygen atoms in total. The van der Waals surface area contributed by atoms with Crippen LogP contribution in [0.3, 0.4) is 0 Å². The van der Waals surface area contributed by atoms with Gasteiger partial charge in [0.1, 0.15) is 0 Å². The summed E-state index contributed by atoms with van der Waals surface area (Å²) in [5, 5.41) is 2.64. The number of nitrogens with one attached hydrogen (secondary N) is 1. The van der Waals surface area contributed by atoms with Gasteiger partial charge in [-0.2, -0.15) is 4.31 Å². The number of aryl methyl sites for hydroxylation is 2. The molecule has 2 aromatic carbocycles. The van der Waals surface area contributed by atoms with Crippen LogP contribution in [-0.2, 0) is 24.8 Å². The molecule has 0 aromatic heterocycles. The molecule has 164 valence electrons. The van der Waals surface area contributed by atoms with E-state index in [0.29, 0.717) is 16.8 Å². The molecule has 0 spiro atoms. The maximum absolute atomic E-state index is 12.7. The predicted octanol–water partition coefficient (Wildman–Crippen LogP) is 2.12. The average molecular weight is 454 g/mol. The van der Waals surface area contributed by atoms with Crippen molar-refractivity contribution in [1.82, 2.24) is 8.61 Å². The minimum absolute atomic E-state index is 0.0477. The number of benzene rings is 2. The molecular formula is C20H27N3O5S2. The van der Waals surface area contributed by atoms with Gasteiger partial charge in [0.2, 0.25) is 26.0 Å². The highest BCUT2D eigenvalue weighted by Crippen LogP contribution is 2.25. The molecule has 30 heavy (non-hydrogen) atoms. The number of likely N-dealkylation sites (N-methyl/N-ethyl adjacent to an activating group) is 1. The molecule has 0 heterocycles. The fraction of sp³-hybridized carbons (Fsp3) is 0.350. The van der Waals surface area contributed by atoms with E-state index < -0.39 is 32.5 Å². The number of amides is 1.